The highest BCUT2D eigenvalue weighted by Crippen LogP contribution is 2.28. The molecule has 0 N–H and O–H groups in total. The van der Waals surface area contributed by atoms with Gasteiger partial charge in [-0.3, -0.25) is 0 Å². The number of ether oxygens (including phenoxy) is 1. The summed E-state index contributed by atoms with van der Waals surface area (Å²) in [6.07, 6.45) is 0.443. The molecule has 0 bridgehead atoms. The zero-order valence-electron chi connectivity index (χ0n) is 11.8. The average Bonchev–Trinajstić information content (AvgIpc) is 2.45. The molecule has 2 aromatic rings. The van der Waals surface area contributed by atoms with Gasteiger partial charge in [-0.1, -0.05) is 24.3 Å². The maximum atomic E-state index is 5.99. The minimum Gasteiger partial charge on any atom is -0.372 e. The Hall–Kier alpha value is -1.32. The summed E-state index contributed by atoms with van der Waals surface area (Å²) in [5.41, 5.74) is 0.923. The number of morpholine rings is 1. The molecule has 4 heteroatoms. The fourth-order valence-electron chi connectivity index (χ4n) is 2.89. The van der Waals surface area contributed by atoms with E-state index < -0.39 is 0 Å². The summed E-state index contributed by atoms with van der Waals surface area (Å²) >= 11 is 5.99. The number of hydrogen-bond donors (Lipinski definition) is 0. The average molecular weight is 291 g/mol. The van der Waals surface area contributed by atoms with E-state index >= 15 is 0 Å². The van der Waals surface area contributed by atoms with Gasteiger partial charge in [0, 0.05) is 18.5 Å². The number of nitrogens with zero attached hydrogens (tertiary/aromatic N) is 2. The molecule has 0 amide bonds. The maximum absolute atomic E-state index is 5.99. The van der Waals surface area contributed by atoms with Crippen LogP contribution in [-0.2, 0) is 10.6 Å². The van der Waals surface area contributed by atoms with Crippen LogP contribution in [0, 0.1) is 0 Å². The van der Waals surface area contributed by atoms with Gasteiger partial charge in [-0.2, -0.15) is 0 Å². The molecule has 0 saturated carbocycles. The molecule has 3 nitrogen and oxygen atoms in total. The van der Waals surface area contributed by atoms with E-state index in [9.17, 15) is 0 Å². The van der Waals surface area contributed by atoms with Gasteiger partial charge in [-0.05, 0) is 25.3 Å². The van der Waals surface area contributed by atoms with Crippen LogP contribution in [0.4, 0.5) is 5.82 Å². The first-order valence-electron chi connectivity index (χ1n) is 7.02. The van der Waals surface area contributed by atoms with E-state index in [0.717, 1.165) is 24.6 Å². The molecule has 0 unspecified atom stereocenters. The van der Waals surface area contributed by atoms with E-state index in [1.165, 1.54) is 10.8 Å². The van der Waals surface area contributed by atoms with Crippen molar-refractivity contribution in [2.75, 3.05) is 18.0 Å². The first-order valence-corrected chi connectivity index (χ1v) is 7.56. The van der Waals surface area contributed by atoms with Crippen molar-refractivity contribution in [1.82, 2.24) is 4.98 Å². The van der Waals surface area contributed by atoms with Crippen molar-refractivity contribution in [2.45, 2.75) is 31.9 Å². The van der Waals surface area contributed by atoms with E-state index in [1.807, 2.05) is 0 Å². The van der Waals surface area contributed by atoms with Crippen LogP contribution in [0.2, 0.25) is 0 Å². The summed E-state index contributed by atoms with van der Waals surface area (Å²) in [7, 11) is 0. The van der Waals surface area contributed by atoms with Gasteiger partial charge in [0.2, 0.25) is 0 Å². The summed E-state index contributed by atoms with van der Waals surface area (Å²) in [4.78, 5) is 7.07. The molecule has 1 aliphatic heterocycles. The van der Waals surface area contributed by atoms with Crippen LogP contribution in [0.15, 0.2) is 30.3 Å². The summed E-state index contributed by atoms with van der Waals surface area (Å²) in [5.74, 6) is 1.47. The van der Waals surface area contributed by atoms with E-state index in [1.54, 1.807) is 0 Å². The second-order valence-electron chi connectivity index (χ2n) is 5.45. The lowest BCUT2D eigenvalue weighted by atomic mass is 10.1. The zero-order valence-corrected chi connectivity index (χ0v) is 12.6. The minimum absolute atomic E-state index is 0.221. The highest BCUT2D eigenvalue weighted by Gasteiger charge is 2.24. The van der Waals surface area contributed by atoms with E-state index in [4.69, 9.17) is 21.3 Å². The summed E-state index contributed by atoms with van der Waals surface area (Å²) in [5, 5.41) is 2.38. The summed E-state index contributed by atoms with van der Waals surface area (Å²) < 4.78 is 5.81. The number of rotatable bonds is 2. The lowest BCUT2D eigenvalue weighted by Gasteiger charge is -2.36. The first kappa shape index (κ1) is 13.7. The number of fused-ring (bicyclic) bond motifs is 1. The second-order valence-corrected chi connectivity index (χ2v) is 5.72. The molecule has 2 atom stereocenters. The molecule has 1 saturated heterocycles. The van der Waals surface area contributed by atoms with Crippen molar-refractivity contribution in [3.05, 3.63) is 36.0 Å². The van der Waals surface area contributed by atoms with E-state index in [2.05, 4.69) is 49.1 Å². The Morgan fingerprint density at radius 3 is 2.65 bits per heavy atom. The molecule has 0 spiro atoms. The minimum atomic E-state index is 0.221. The van der Waals surface area contributed by atoms with Crippen LogP contribution in [0.1, 0.15) is 19.5 Å². The molecule has 0 radical (unpaired) electrons. The van der Waals surface area contributed by atoms with Gasteiger partial charge in [0.1, 0.15) is 5.82 Å². The molecular weight excluding hydrogens is 272 g/mol. The second kappa shape index (κ2) is 5.58. The van der Waals surface area contributed by atoms with Crippen molar-refractivity contribution in [1.29, 1.82) is 0 Å². The van der Waals surface area contributed by atoms with Crippen LogP contribution < -0.4 is 4.90 Å². The molecule has 1 fully saturated rings. The Balaban J connectivity index is 2.09. The van der Waals surface area contributed by atoms with Crippen LogP contribution in [0.5, 0.6) is 0 Å². The van der Waals surface area contributed by atoms with Gasteiger partial charge in [0.15, 0.2) is 0 Å². The highest BCUT2D eigenvalue weighted by molar-refractivity contribution is 6.17. The molecule has 106 valence electrons. The first-order chi connectivity index (χ1) is 9.67. The summed E-state index contributed by atoms with van der Waals surface area (Å²) in [6.45, 7) is 5.95. The van der Waals surface area contributed by atoms with Crippen molar-refractivity contribution < 1.29 is 4.74 Å². The van der Waals surface area contributed by atoms with Crippen molar-refractivity contribution >= 4 is 28.2 Å². The molecule has 3 rings (SSSR count). The number of halogens is 1. The topological polar surface area (TPSA) is 25.4 Å². The molecule has 1 aromatic carbocycles. The fourth-order valence-corrected chi connectivity index (χ4v) is 3.03. The van der Waals surface area contributed by atoms with E-state index in [0.29, 0.717) is 5.88 Å². The monoisotopic (exact) mass is 290 g/mol. The Morgan fingerprint density at radius 2 is 1.95 bits per heavy atom. The quantitative estimate of drug-likeness (QED) is 0.791. The maximum Gasteiger partial charge on any atom is 0.136 e. The number of benzene rings is 1. The van der Waals surface area contributed by atoms with Gasteiger partial charge in [-0.15, -0.1) is 11.6 Å². The number of aromatic nitrogens is 1. The third-order valence-corrected chi connectivity index (χ3v) is 3.90. The third kappa shape index (κ3) is 2.60. The molecule has 0 aliphatic carbocycles. The number of anilines is 1. The third-order valence-electron chi connectivity index (χ3n) is 3.63. The largest absolute Gasteiger partial charge is 0.372 e. The predicted octanol–water partition coefficient (Wildman–Crippen LogP) is 3.59. The van der Waals surface area contributed by atoms with Crippen molar-refractivity contribution in [3.63, 3.8) is 0 Å². The molecule has 1 aromatic heterocycles. The lowest BCUT2D eigenvalue weighted by molar-refractivity contribution is -0.00537. The van der Waals surface area contributed by atoms with Gasteiger partial charge >= 0.3 is 0 Å². The number of alkyl halides is 1. The Bertz CT molecular complexity index is 606. The number of pyridine rings is 1. The summed E-state index contributed by atoms with van der Waals surface area (Å²) in [6, 6.07) is 10.4. The standard InChI is InChI=1S/C16H19ClN2O/c1-11-9-19(10-12(2)20-11)16-15-6-4-3-5-13(15)7-14(8-17)18-16/h3-7,11-12H,8-10H2,1-2H3/t11-,12+. The van der Waals surface area contributed by atoms with E-state index in [-0.39, 0.29) is 12.2 Å². The van der Waals surface area contributed by atoms with Crippen molar-refractivity contribution in [2.24, 2.45) is 0 Å². The van der Waals surface area contributed by atoms with Gasteiger partial charge in [0.05, 0.1) is 23.8 Å². The predicted molar refractivity (Wildman–Crippen MR) is 83.5 cm³/mol. The molecular formula is C16H19ClN2O. The van der Waals surface area contributed by atoms with Gasteiger partial charge < -0.3 is 9.64 Å². The SMILES string of the molecule is C[C@@H]1CN(c2nc(CCl)cc3ccccc23)C[C@H](C)O1. The van der Waals surface area contributed by atoms with Crippen molar-refractivity contribution in [3.8, 4) is 0 Å². The zero-order chi connectivity index (χ0) is 14.1. The highest BCUT2D eigenvalue weighted by atomic mass is 35.5. The van der Waals surface area contributed by atoms with Gasteiger partial charge in [0.25, 0.3) is 0 Å². The van der Waals surface area contributed by atoms with Crippen LogP contribution >= 0.6 is 11.6 Å². The normalized spacial score (nSPS) is 23.2. The smallest absolute Gasteiger partial charge is 0.136 e. The molecule has 1 aliphatic rings. The number of hydrogen-bond acceptors (Lipinski definition) is 3. The van der Waals surface area contributed by atoms with Gasteiger partial charge in [-0.25, -0.2) is 4.98 Å². The molecule has 20 heavy (non-hydrogen) atoms. The lowest BCUT2D eigenvalue weighted by Crippen LogP contribution is -2.46. The Labute approximate surface area is 124 Å². The van der Waals surface area contributed by atoms with Crippen LogP contribution in [0.25, 0.3) is 10.8 Å². The molecule has 2 heterocycles. The van der Waals surface area contributed by atoms with Crippen LogP contribution in [-0.4, -0.2) is 30.3 Å². The Morgan fingerprint density at radius 1 is 1.25 bits per heavy atom. The van der Waals surface area contributed by atoms with Crippen LogP contribution in [0.3, 0.4) is 0 Å². The fraction of sp³-hybridized carbons (Fsp3) is 0.438. The Kier molecular flexibility index (Phi) is 3.81.